The van der Waals surface area contributed by atoms with Crippen LogP contribution in [0.15, 0.2) is 27.6 Å². The lowest BCUT2D eigenvalue weighted by Gasteiger charge is -2.23. The van der Waals surface area contributed by atoms with Gasteiger partial charge in [-0.15, -0.1) is 0 Å². The predicted octanol–water partition coefficient (Wildman–Crippen LogP) is 1.51. The van der Waals surface area contributed by atoms with E-state index in [1.54, 1.807) is 26.0 Å². The number of aliphatic hydroxyl groups is 1. The molecule has 5 nitrogen and oxygen atoms in total. The second kappa shape index (κ2) is 5.56. The summed E-state index contributed by atoms with van der Waals surface area (Å²) in [6.07, 6.45) is 0. The molecule has 0 fully saturated rings. The number of methoxy groups -OCH3 is 1. The van der Waals surface area contributed by atoms with E-state index in [4.69, 9.17) is 9.84 Å². The maximum Gasteiger partial charge on any atom is 0.244 e. The van der Waals surface area contributed by atoms with E-state index in [0.29, 0.717) is 4.47 Å². The summed E-state index contributed by atoms with van der Waals surface area (Å²) in [6, 6.07) is 4.74. The highest BCUT2D eigenvalue weighted by molar-refractivity contribution is 9.10. The Kier molecular flexibility index (Phi) is 4.77. The van der Waals surface area contributed by atoms with E-state index in [1.165, 1.54) is 13.2 Å². The standard InChI is InChI=1S/C11H16BrNO4S/c1-11(2,7-14)13-18(15,16)9-6-4-5-8(12)10(9)17-3/h4-6,13-14H,7H2,1-3H3. The van der Waals surface area contributed by atoms with E-state index in [1.807, 2.05) is 0 Å². The SMILES string of the molecule is COc1c(Br)cccc1S(=O)(=O)NC(C)(C)CO. The summed E-state index contributed by atoms with van der Waals surface area (Å²) in [7, 11) is -2.36. The second-order valence-corrected chi connectivity index (χ2v) is 6.92. The summed E-state index contributed by atoms with van der Waals surface area (Å²) in [6.45, 7) is 2.88. The molecule has 0 aliphatic carbocycles. The molecule has 0 spiro atoms. The highest BCUT2D eigenvalue weighted by Crippen LogP contribution is 2.32. The molecule has 1 aromatic rings. The highest BCUT2D eigenvalue weighted by atomic mass is 79.9. The van der Waals surface area contributed by atoms with Gasteiger partial charge in [0.2, 0.25) is 10.0 Å². The number of sulfonamides is 1. The minimum atomic E-state index is -3.76. The lowest BCUT2D eigenvalue weighted by atomic mass is 10.1. The molecule has 0 amide bonds. The van der Waals surface area contributed by atoms with Crippen LogP contribution in [0, 0.1) is 0 Å². The van der Waals surface area contributed by atoms with Gasteiger partial charge in [-0.25, -0.2) is 13.1 Å². The van der Waals surface area contributed by atoms with Crippen molar-refractivity contribution in [3.63, 3.8) is 0 Å². The molecular formula is C11H16BrNO4S. The van der Waals surface area contributed by atoms with Crippen LogP contribution in [0.5, 0.6) is 5.75 Å². The number of benzene rings is 1. The van der Waals surface area contributed by atoms with Gasteiger partial charge in [0, 0.05) is 0 Å². The van der Waals surface area contributed by atoms with Crippen LogP contribution in [0.4, 0.5) is 0 Å². The van der Waals surface area contributed by atoms with Gasteiger partial charge in [-0.2, -0.15) is 0 Å². The van der Waals surface area contributed by atoms with Crippen molar-refractivity contribution in [1.82, 2.24) is 4.72 Å². The van der Waals surface area contributed by atoms with Crippen LogP contribution in [0.1, 0.15) is 13.8 Å². The van der Waals surface area contributed by atoms with Crippen molar-refractivity contribution >= 4 is 26.0 Å². The Hall–Kier alpha value is -0.630. The average Bonchev–Trinajstić information content (AvgIpc) is 2.27. The van der Waals surface area contributed by atoms with Crippen LogP contribution in [-0.4, -0.2) is 32.8 Å². The summed E-state index contributed by atoms with van der Waals surface area (Å²) in [5.41, 5.74) is -0.938. The molecule has 0 aromatic heterocycles. The van der Waals surface area contributed by atoms with Crippen molar-refractivity contribution in [1.29, 1.82) is 0 Å². The van der Waals surface area contributed by atoms with Crippen LogP contribution >= 0.6 is 15.9 Å². The van der Waals surface area contributed by atoms with Gasteiger partial charge in [-0.05, 0) is 41.9 Å². The highest BCUT2D eigenvalue weighted by Gasteiger charge is 2.28. The Morgan fingerprint density at radius 1 is 1.44 bits per heavy atom. The molecule has 0 aliphatic rings. The molecule has 0 saturated heterocycles. The largest absolute Gasteiger partial charge is 0.494 e. The van der Waals surface area contributed by atoms with Gasteiger partial charge in [0.05, 0.1) is 23.7 Å². The minimum Gasteiger partial charge on any atom is -0.494 e. The maximum absolute atomic E-state index is 12.2. The van der Waals surface area contributed by atoms with Gasteiger partial charge in [0.25, 0.3) is 0 Å². The zero-order chi connectivity index (χ0) is 14.0. The normalized spacial score (nSPS) is 12.5. The Morgan fingerprint density at radius 2 is 2.06 bits per heavy atom. The number of rotatable bonds is 5. The maximum atomic E-state index is 12.2. The first-order valence-electron chi connectivity index (χ1n) is 5.21. The molecule has 0 saturated carbocycles. The molecule has 102 valence electrons. The third kappa shape index (κ3) is 3.44. The van der Waals surface area contributed by atoms with E-state index in [2.05, 4.69) is 20.7 Å². The third-order valence-electron chi connectivity index (χ3n) is 2.23. The van der Waals surface area contributed by atoms with Gasteiger partial charge in [0.15, 0.2) is 5.75 Å². The van der Waals surface area contributed by atoms with Gasteiger partial charge in [-0.3, -0.25) is 0 Å². The molecule has 0 atom stereocenters. The van der Waals surface area contributed by atoms with E-state index in [-0.39, 0.29) is 17.3 Å². The number of ether oxygens (including phenoxy) is 1. The predicted molar refractivity (Wildman–Crippen MR) is 72.2 cm³/mol. The summed E-state index contributed by atoms with van der Waals surface area (Å²) in [5.74, 6) is 0.235. The van der Waals surface area contributed by atoms with Crippen molar-refractivity contribution in [2.24, 2.45) is 0 Å². The molecule has 0 bridgehead atoms. The summed E-state index contributed by atoms with van der Waals surface area (Å²) >= 11 is 3.23. The third-order valence-corrected chi connectivity index (χ3v) is 4.58. The number of halogens is 1. The fraction of sp³-hybridized carbons (Fsp3) is 0.455. The molecule has 1 rings (SSSR count). The fourth-order valence-corrected chi connectivity index (χ4v) is 3.61. The van der Waals surface area contributed by atoms with Crippen molar-refractivity contribution in [3.8, 4) is 5.75 Å². The van der Waals surface area contributed by atoms with Crippen LogP contribution < -0.4 is 9.46 Å². The summed E-state index contributed by atoms with van der Waals surface area (Å²) in [4.78, 5) is 0.0286. The molecule has 0 unspecified atom stereocenters. The molecule has 1 aromatic carbocycles. The number of hydrogen-bond acceptors (Lipinski definition) is 4. The lowest BCUT2D eigenvalue weighted by molar-refractivity contribution is 0.208. The van der Waals surface area contributed by atoms with Gasteiger partial charge < -0.3 is 9.84 Å². The molecule has 0 heterocycles. The molecule has 2 N–H and O–H groups in total. The molecular weight excluding hydrogens is 322 g/mol. The molecule has 0 aliphatic heterocycles. The summed E-state index contributed by atoms with van der Waals surface area (Å²) in [5, 5.41) is 9.12. The van der Waals surface area contributed by atoms with Gasteiger partial charge in [-0.1, -0.05) is 6.07 Å². The first kappa shape index (κ1) is 15.4. The number of nitrogens with one attached hydrogen (secondary N) is 1. The van der Waals surface area contributed by atoms with Crippen molar-refractivity contribution in [3.05, 3.63) is 22.7 Å². The van der Waals surface area contributed by atoms with Crippen molar-refractivity contribution in [2.45, 2.75) is 24.3 Å². The Morgan fingerprint density at radius 3 is 2.56 bits per heavy atom. The van der Waals surface area contributed by atoms with Crippen LogP contribution in [0.3, 0.4) is 0 Å². The topological polar surface area (TPSA) is 75.6 Å². The van der Waals surface area contributed by atoms with Crippen molar-refractivity contribution < 1.29 is 18.3 Å². The zero-order valence-corrected chi connectivity index (χ0v) is 12.8. The Balaban J connectivity index is 3.25. The number of aliphatic hydroxyl groups excluding tert-OH is 1. The number of para-hydroxylation sites is 1. The monoisotopic (exact) mass is 337 g/mol. The lowest BCUT2D eigenvalue weighted by Crippen LogP contribution is -2.46. The minimum absolute atomic E-state index is 0.0286. The Labute approximate surface area is 115 Å². The van der Waals surface area contributed by atoms with E-state index < -0.39 is 15.6 Å². The average molecular weight is 338 g/mol. The second-order valence-electron chi connectivity index (χ2n) is 4.42. The molecule has 7 heteroatoms. The van der Waals surface area contributed by atoms with E-state index >= 15 is 0 Å². The van der Waals surface area contributed by atoms with Gasteiger partial charge in [0.1, 0.15) is 4.90 Å². The number of hydrogen-bond donors (Lipinski definition) is 2. The smallest absolute Gasteiger partial charge is 0.244 e. The quantitative estimate of drug-likeness (QED) is 0.853. The molecule has 0 radical (unpaired) electrons. The van der Waals surface area contributed by atoms with E-state index in [9.17, 15) is 8.42 Å². The first-order chi connectivity index (χ1) is 8.23. The van der Waals surface area contributed by atoms with Gasteiger partial charge >= 0.3 is 0 Å². The first-order valence-corrected chi connectivity index (χ1v) is 7.48. The van der Waals surface area contributed by atoms with Crippen LogP contribution in [0.25, 0.3) is 0 Å². The zero-order valence-electron chi connectivity index (χ0n) is 10.4. The van der Waals surface area contributed by atoms with Crippen LogP contribution in [0.2, 0.25) is 0 Å². The van der Waals surface area contributed by atoms with Crippen LogP contribution in [-0.2, 0) is 10.0 Å². The molecule has 18 heavy (non-hydrogen) atoms. The van der Waals surface area contributed by atoms with E-state index in [0.717, 1.165) is 0 Å². The van der Waals surface area contributed by atoms with Crippen molar-refractivity contribution in [2.75, 3.05) is 13.7 Å². The fourth-order valence-electron chi connectivity index (χ4n) is 1.35. The Bertz CT molecular complexity index is 528. The summed E-state index contributed by atoms with van der Waals surface area (Å²) < 4.78 is 32.5.